The minimum atomic E-state index is -0.221. The number of anilines is 1. The van der Waals surface area contributed by atoms with E-state index in [1.165, 1.54) is 5.69 Å². The predicted molar refractivity (Wildman–Crippen MR) is 91.7 cm³/mol. The normalized spacial score (nSPS) is 28.4. The van der Waals surface area contributed by atoms with Gasteiger partial charge in [0.1, 0.15) is 6.04 Å². The number of rotatable bonds is 3. The van der Waals surface area contributed by atoms with Gasteiger partial charge in [0, 0.05) is 38.4 Å². The zero-order valence-corrected chi connectivity index (χ0v) is 14.1. The highest BCUT2D eigenvalue weighted by atomic mass is 16.5. The van der Waals surface area contributed by atoms with Gasteiger partial charge in [-0.15, -0.1) is 0 Å². The fraction of sp³-hybridized carbons (Fsp3) is 0.611. The molecule has 3 rings (SSSR count). The van der Waals surface area contributed by atoms with Crippen LogP contribution in [0.4, 0.5) is 5.69 Å². The molecule has 2 fully saturated rings. The van der Waals surface area contributed by atoms with E-state index < -0.39 is 0 Å². The van der Waals surface area contributed by atoms with Crippen LogP contribution in [0.1, 0.15) is 19.8 Å². The third-order valence-corrected chi connectivity index (χ3v) is 5.00. The zero-order valence-electron chi connectivity index (χ0n) is 14.1. The van der Waals surface area contributed by atoms with E-state index in [4.69, 9.17) is 4.74 Å². The Hall–Kier alpha value is -1.59. The van der Waals surface area contributed by atoms with Crippen molar-refractivity contribution in [2.75, 3.05) is 38.2 Å². The van der Waals surface area contributed by atoms with Crippen molar-refractivity contribution in [3.63, 3.8) is 0 Å². The van der Waals surface area contributed by atoms with Crippen LogP contribution in [-0.2, 0) is 9.53 Å². The van der Waals surface area contributed by atoms with Gasteiger partial charge in [0.2, 0.25) is 5.91 Å². The SMILES string of the molecule is C[C@H]1OCCN[C@@H]1C(=O)N(C)C1CCCN(c2ccccc2)C1. The number of ether oxygens (including phenoxy) is 1. The number of hydrogen-bond donors (Lipinski definition) is 1. The molecule has 0 bridgehead atoms. The molecule has 0 aromatic heterocycles. The maximum Gasteiger partial charge on any atom is 0.242 e. The Labute approximate surface area is 138 Å². The second-order valence-corrected chi connectivity index (χ2v) is 6.53. The Bertz CT molecular complexity index is 522. The van der Waals surface area contributed by atoms with E-state index in [0.717, 1.165) is 32.5 Å². The van der Waals surface area contributed by atoms with E-state index >= 15 is 0 Å². The summed E-state index contributed by atoms with van der Waals surface area (Å²) in [7, 11) is 1.94. The molecule has 0 radical (unpaired) electrons. The van der Waals surface area contributed by atoms with Gasteiger partial charge in [-0.1, -0.05) is 18.2 Å². The molecule has 2 aliphatic heterocycles. The van der Waals surface area contributed by atoms with Gasteiger partial charge in [-0.2, -0.15) is 0 Å². The number of hydrogen-bond acceptors (Lipinski definition) is 4. The van der Waals surface area contributed by atoms with Crippen LogP contribution < -0.4 is 10.2 Å². The van der Waals surface area contributed by atoms with Gasteiger partial charge in [0.05, 0.1) is 12.7 Å². The van der Waals surface area contributed by atoms with Crippen molar-refractivity contribution >= 4 is 11.6 Å². The fourth-order valence-corrected chi connectivity index (χ4v) is 3.55. The maximum atomic E-state index is 12.8. The lowest BCUT2D eigenvalue weighted by Crippen LogP contribution is -2.59. The highest BCUT2D eigenvalue weighted by Crippen LogP contribution is 2.22. The van der Waals surface area contributed by atoms with Crippen LogP contribution in [-0.4, -0.2) is 62.3 Å². The summed E-state index contributed by atoms with van der Waals surface area (Å²) in [6, 6.07) is 10.5. The van der Waals surface area contributed by atoms with E-state index in [1.807, 2.05) is 24.9 Å². The average Bonchev–Trinajstić information content (AvgIpc) is 2.62. The lowest BCUT2D eigenvalue weighted by Gasteiger charge is -2.41. The molecule has 0 saturated carbocycles. The predicted octanol–water partition coefficient (Wildman–Crippen LogP) is 1.49. The topological polar surface area (TPSA) is 44.8 Å². The van der Waals surface area contributed by atoms with Crippen LogP contribution in [0.3, 0.4) is 0 Å². The number of carbonyl (C=O) groups excluding carboxylic acids is 1. The maximum absolute atomic E-state index is 12.8. The molecule has 1 amide bonds. The molecule has 2 saturated heterocycles. The Balaban J connectivity index is 1.64. The summed E-state index contributed by atoms with van der Waals surface area (Å²) in [4.78, 5) is 17.1. The van der Waals surface area contributed by atoms with E-state index in [9.17, 15) is 4.79 Å². The van der Waals surface area contributed by atoms with E-state index in [2.05, 4.69) is 34.5 Å². The smallest absolute Gasteiger partial charge is 0.242 e. The van der Waals surface area contributed by atoms with Crippen LogP contribution in [0, 0.1) is 0 Å². The zero-order chi connectivity index (χ0) is 16.2. The molecule has 1 aromatic rings. The molecule has 5 nitrogen and oxygen atoms in total. The highest BCUT2D eigenvalue weighted by Gasteiger charge is 2.34. The number of amides is 1. The molecule has 2 heterocycles. The third kappa shape index (κ3) is 3.67. The Morgan fingerprint density at radius 2 is 2.13 bits per heavy atom. The molecule has 0 spiro atoms. The van der Waals surface area contributed by atoms with Crippen molar-refractivity contribution in [3.05, 3.63) is 30.3 Å². The van der Waals surface area contributed by atoms with Crippen LogP contribution in [0.25, 0.3) is 0 Å². The first-order valence-corrected chi connectivity index (χ1v) is 8.58. The van der Waals surface area contributed by atoms with Crippen molar-refractivity contribution in [2.24, 2.45) is 0 Å². The van der Waals surface area contributed by atoms with E-state index in [0.29, 0.717) is 6.61 Å². The van der Waals surface area contributed by atoms with Crippen molar-refractivity contribution < 1.29 is 9.53 Å². The van der Waals surface area contributed by atoms with Crippen LogP contribution in [0.15, 0.2) is 30.3 Å². The van der Waals surface area contributed by atoms with Crippen molar-refractivity contribution in [1.82, 2.24) is 10.2 Å². The monoisotopic (exact) mass is 317 g/mol. The highest BCUT2D eigenvalue weighted by molar-refractivity contribution is 5.82. The van der Waals surface area contributed by atoms with Crippen molar-refractivity contribution in [1.29, 1.82) is 0 Å². The first kappa shape index (κ1) is 16.3. The largest absolute Gasteiger partial charge is 0.375 e. The summed E-state index contributed by atoms with van der Waals surface area (Å²) in [6.45, 7) is 5.35. The van der Waals surface area contributed by atoms with Crippen LogP contribution >= 0.6 is 0 Å². The summed E-state index contributed by atoms with van der Waals surface area (Å²) in [5.74, 6) is 0.150. The number of piperidine rings is 1. The second kappa shape index (κ2) is 7.32. The average molecular weight is 317 g/mol. The molecule has 126 valence electrons. The van der Waals surface area contributed by atoms with Gasteiger partial charge >= 0.3 is 0 Å². The number of morpholine rings is 1. The molecule has 3 atom stereocenters. The summed E-state index contributed by atoms with van der Waals surface area (Å²) in [6.07, 6.45) is 2.11. The number of carbonyl (C=O) groups is 1. The summed E-state index contributed by atoms with van der Waals surface area (Å²) >= 11 is 0. The Kier molecular flexibility index (Phi) is 5.18. The Morgan fingerprint density at radius 3 is 2.87 bits per heavy atom. The lowest BCUT2D eigenvalue weighted by molar-refractivity contribution is -0.140. The lowest BCUT2D eigenvalue weighted by atomic mass is 10.0. The molecule has 0 aliphatic carbocycles. The van der Waals surface area contributed by atoms with Gasteiger partial charge < -0.3 is 19.9 Å². The van der Waals surface area contributed by atoms with Gasteiger partial charge in [-0.05, 0) is 31.9 Å². The van der Waals surface area contributed by atoms with Crippen LogP contribution in [0.5, 0.6) is 0 Å². The molecule has 23 heavy (non-hydrogen) atoms. The second-order valence-electron chi connectivity index (χ2n) is 6.53. The molecular weight excluding hydrogens is 290 g/mol. The molecule has 1 aromatic carbocycles. The van der Waals surface area contributed by atoms with Crippen molar-refractivity contribution in [2.45, 2.75) is 38.0 Å². The molecule has 1 unspecified atom stereocenters. The quantitative estimate of drug-likeness (QED) is 0.917. The Morgan fingerprint density at radius 1 is 1.35 bits per heavy atom. The number of likely N-dealkylation sites (N-methyl/N-ethyl adjacent to an activating group) is 1. The first-order chi connectivity index (χ1) is 11.2. The van der Waals surface area contributed by atoms with Gasteiger partial charge in [-0.25, -0.2) is 0 Å². The van der Waals surface area contributed by atoms with Gasteiger partial charge in [0.15, 0.2) is 0 Å². The summed E-state index contributed by atoms with van der Waals surface area (Å²) < 4.78 is 5.62. The number of para-hydroxylation sites is 1. The molecule has 1 N–H and O–H groups in total. The van der Waals surface area contributed by atoms with Gasteiger partial charge in [0.25, 0.3) is 0 Å². The fourth-order valence-electron chi connectivity index (χ4n) is 3.55. The summed E-state index contributed by atoms with van der Waals surface area (Å²) in [5.41, 5.74) is 1.24. The minimum Gasteiger partial charge on any atom is -0.375 e. The van der Waals surface area contributed by atoms with Crippen LogP contribution in [0.2, 0.25) is 0 Å². The van der Waals surface area contributed by atoms with E-state index in [1.54, 1.807) is 0 Å². The standard InChI is InChI=1S/C18H27N3O2/c1-14-17(19-10-12-23-14)18(22)20(2)16-9-6-11-21(13-16)15-7-4-3-5-8-15/h3-5,7-8,14,16-17,19H,6,9-13H2,1-2H3/t14-,16?,17+/m1/s1. The third-order valence-electron chi connectivity index (χ3n) is 5.00. The minimum absolute atomic E-state index is 0.0625. The summed E-state index contributed by atoms with van der Waals surface area (Å²) in [5, 5.41) is 3.30. The van der Waals surface area contributed by atoms with Gasteiger partial charge in [-0.3, -0.25) is 4.79 Å². The number of nitrogens with one attached hydrogen (secondary N) is 1. The first-order valence-electron chi connectivity index (χ1n) is 8.58. The van der Waals surface area contributed by atoms with Crippen molar-refractivity contribution in [3.8, 4) is 0 Å². The molecule has 2 aliphatic rings. The molecular formula is C18H27N3O2. The number of benzene rings is 1. The van der Waals surface area contributed by atoms with E-state index in [-0.39, 0.29) is 24.1 Å². The number of nitrogens with zero attached hydrogens (tertiary/aromatic N) is 2. The molecule has 5 heteroatoms.